The molecule has 13 heavy (non-hydrogen) atoms. The van der Waals surface area contributed by atoms with Crippen molar-refractivity contribution in [2.75, 3.05) is 5.75 Å². The van der Waals surface area contributed by atoms with E-state index in [0.717, 1.165) is 11.1 Å². The lowest BCUT2D eigenvalue weighted by Gasteiger charge is -1.99. The van der Waals surface area contributed by atoms with Crippen molar-refractivity contribution in [1.82, 2.24) is 0 Å². The molecular weight excluding hydrogens is 208 g/mol. The van der Waals surface area contributed by atoms with Crippen LogP contribution in [-0.2, 0) is 23.4 Å². The van der Waals surface area contributed by atoms with Crippen LogP contribution in [0.15, 0.2) is 24.3 Å². The second kappa shape index (κ2) is 5.37. The molecule has 0 radical (unpaired) electrons. The number of hydrogen-bond donors (Lipinski definition) is 1. The fourth-order valence-electron chi connectivity index (χ4n) is 1.00. The van der Waals surface area contributed by atoms with Crippen LogP contribution in [0.5, 0.6) is 0 Å². The summed E-state index contributed by atoms with van der Waals surface area (Å²) in [4.78, 5) is 0. The molecule has 1 unspecified atom stereocenters. The van der Waals surface area contributed by atoms with E-state index in [1.165, 1.54) is 0 Å². The summed E-state index contributed by atoms with van der Waals surface area (Å²) in [6.45, 7) is 0. The molecule has 0 spiro atoms. The second-order valence-electron chi connectivity index (χ2n) is 2.73. The molecule has 0 aliphatic carbocycles. The zero-order chi connectivity index (χ0) is 9.68. The quantitative estimate of drug-likeness (QED) is 0.622. The monoisotopic (exact) mass is 218 g/mol. The zero-order valence-electron chi connectivity index (χ0n) is 7.07. The van der Waals surface area contributed by atoms with Gasteiger partial charge in [-0.3, -0.25) is 0 Å². The lowest BCUT2D eigenvalue weighted by atomic mass is 10.1. The summed E-state index contributed by atoms with van der Waals surface area (Å²) in [5, 5.41) is 0. The first-order valence-electron chi connectivity index (χ1n) is 3.93. The summed E-state index contributed by atoms with van der Waals surface area (Å²) in [5.74, 6) is 0.798. The Morgan fingerprint density at radius 3 is 2.23 bits per heavy atom. The normalized spacial score (nSPS) is 12.8. The fourth-order valence-corrected chi connectivity index (χ4v) is 1.59. The molecule has 0 saturated carbocycles. The molecule has 4 heteroatoms. The third-order valence-corrected chi connectivity index (χ3v) is 2.60. The minimum Gasteiger partial charge on any atom is -0.306 e. The molecule has 1 rings (SSSR count). The van der Waals surface area contributed by atoms with Gasteiger partial charge in [-0.2, -0.15) is 0 Å². The molecule has 0 amide bonds. The smallest absolute Gasteiger partial charge is 0.153 e. The number of aryl methyl sites for hydroxylation is 1. The van der Waals surface area contributed by atoms with Crippen LogP contribution in [0.2, 0.25) is 0 Å². The molecule has 0 bridgehead atoms. The molecule has 1 atom stereocenters. The molecule has 1 N–H and O–H groups in total. The Bertz CT molecular complexity index is 284. The molecule has 1 aromatic carbocycles. The highest BCUT2D eigenvalue weighted by atomic mass is 35.5. The van der Waals surface area contributed by atoms with Gasteiger partial charge in [0.25, 0.3) is 0 Å². The molecule has 0 aliphatic heterocycles. The number of rotatable bonds is 4. The second-order valence-corrected chi connectivity index (χ2v) is 4.04. The van der Waals surface area contributed by atoms with Crippen LogP contribution in [0.3, 0.4) is 0 Å². The van der Waals surface area contributed by atoms with E-state index in [-0.39, 0.29) is 0 Å². The van der Waals surface area contributed by atoms with Crippen LogP contribution in [0, 0.1) is 0 Å². The van der Waals surface area contributed by atoms with E-state index in [0.29, 0.717) is 18.1 Å². The van der Waals surface area contributed by atoms with Gasteiger partial charge in [-0.05, 0) is 17.5 Å². The summed E-state index contributed by atoms with van der Waals surface area (Å²) in [5.41, 5.74) is 2.13. The number of hydrogen-bond acceptors (Lipinski definition) is 1. The fraction of sp³-hybridized carbons (Fsp3) is 0.333. The Hall–Kier alpha value is -0.380. The molecule has 0 saturated heterocycles. The van der Waals surface area contributed by atoms with Crippen molar-refractivity contribution in [2.24, 2.45) is 0 Å². The average Bonchev–Trinajstić information content (AvgIpc) is 2.15. The molecule has 2 nitrogen and oxygen atoms in total. The molecule has 72 valence electrons. The number of alkyl halides is 1. The maximum atomic E-state index is 10.4. The highest BCUT2D eigenvalue weighted by molar-refractivity contribution is 7.79. The van der Waals surface area contributed by atoms with Crippen molar-refractivity contribution in [1.29, 1.82) is 0 Å². The van der Waals surface area contributed by atoms with Gasteiger partial charge in [0.15, 0.2) is 11.1 Å². The number of halogens is 1. The Balaban J connectivity index is 2.54. The van der Waals surface area contributed by atoms with E-state index in [2.05, 4.69) is 0 Å². The van der Waals surface area contributed by atoms with Crippen LogP contribution in [0.25, 0.3) is 0 Å². The van der Waals surface area contributed by atoms with Gasteiger partial charge >= 0.3 is 0 Å². The largest absolute Gasteiger partial charge is 0.306 e. The first-order valence-corrected chi connectivity index (χ1v) is 5.74. The lowest BCUT2D eigenvalue weighted by Crippen LogP contribution is -1.98. The third-order valence-electron chi connectivity index (χ3n) is 1.74. The predicted octanol–water partition coefficient (Wildman–Crippen LogP) is 2.19. The Kier molecular flexibility index (Phi) is 4.42. The van der Waals surface area contributed by atoms with Gasteiger partial charge in [0, 0.05) is 5.88 Å². The Labute approximate surface area is 85.2 Å². The maximum absolute atomic E-state index is 10.4. The van der Waals surface area contributed by atoms with Gasteiger partial charge in [0.1, 0.15) is 0 Å². The minimum atomic E-state index is -1.70. The van der Waals surface area contributed by atoms with Crippen LogP contribution < -0.4 is 0 Å². The van der Waals surface area contributed by atoms with Crippen LogP contribution in [0.1, 0.15) is 11.1 Å². The highest BCUT2D eigenvalue weighted by Gasteiger charge is 1.97. The summed E-state index contributed by atoms with van der Waals surface area (Å²) in [6, 6.07) is 7.74. The van der Waals surface area contributed by atoms with Gasteiger partial charge in [0.2, 0.25) is 0 Å². The van der Waals surface area contributed by atoms with Gasteiger partial charge in [-0.1, -0.05) is 24.3 Å². The predicted molar refractivity (Wildman–Crippen MR) is 55.3 cm³/mol. The first kappa shape index (κ1) is 10.7. The van der Waals surface area contributed by atoms with Crippen molar-refractivity contribution in [2.45, 2.75) is 12.3 Å². The van der Waals surface area contributed by atoms with Crippen molar-refractivity contribution in [3.63, 3.8) is 0 Å². The van der Waals surface area contributed by atoms with Gasteiger partial charge in [-0.15, -0.1) is 11.6 Å². The topological polar surface area (TPSA) is 37.3 Å². The first-order chi connectivity index (χ1) is 6.22. The molecule has 0 aliphatic rings. The average molecular weight is 219 g/mol. The summed E-state index contributed by atoms with van der Waals surface area (Å²) < 4.78 is 19.0. The number of benzene rings is 1. The standard InChI is InChI=1S/C9H11ClO2S/c10-7-9-3-1-8(2-4-9)5-6-13(11)12/h1-4H,5-7H2,(H,11,12). The molecule has 1 aromatic rings. The van der Waals surface area contributed by atoms with E-state index >= 15 is 0 Å². The molecule has 0 fully saturated rings. The highest BCUT2D eigenvalue weighted by Crippen LogP contribution is 2.07. The van der Waals surface area contributed by atoms with Crippen LogP contribution >= 0.6 is 11.6 Å². The van der Waals surface area contributed by atoms with Crippen molar-refractivity contribution in [3.8, 4) is 0 Å². The summed E-state index contributed by atoms with van der Waals surface area (Å²) in [6.07, 6.45) is 0.631. The molecule has 0 aromatic heterocycles. The van der Waals surface area contributed by atoms with E-state index in [9.17, 15) is 4.21 Å². The van der Waals surface area contributed by atoms with Gasteiger partial charge in [-0.25, -0.2) is 4.21 Å². The van der Waals surface area contributed by atoms with E-state index in [4.69, 9.17) is 16.2 Å². The summed E-state index contributed by atoms with van der Waals surface area (Å²) >= 11 is 3.92. The SMILES string of the molecule is O=S(O)CCc1ccc(CCl)cc1. The summed E-state index contributed by atoms with van der Waals surface area (Å²) in [7, 11) is 0. The Morgan fingerprint density at radius 2 is 1.77 bits per heavy atom. The van der Waals surface area contributed by atoms with E-state index in [1.807, 2.05) is 24.3 Å². The van der Waals surface area contributed by atoms with Crippen molar-refractivity contribution < 1.29 is 8.76 Å². The van der Waals surface area contributed by atoms with Crippen LogP contribution in [-0.4, -0.2) is 14.5 Å². The van der Waals surface area contributed by atoms with E-state index in [1.54, 1.807) is 0 Å². The third kappa shape index (κ3) is 3.89. The minimum absolute atomic E-state index is 0.292. The molecular formula is C9H11ClO2S. The van der Waals surface area contributed by atoms with Gasteiger partial charge in [0.05, 0.1) is 5.75 Å². The zero-order valence-corrected chi connectivity index (χ0v) is 8.64. The van der Waals surface area contributed by atoms with Crippen molar-refractivity contribution in [3.05, 3.63) is 35.4 Å². The molecule has 0 heterocycles. The Morgan fingerprint density at radius 1 is 1.23 bits per heavy atom. The lowest BCUT2D eigenvalue weighted by molar-refractivity contribution is 0.563. The van der Waals surface area contributed by atoms with Gasteiger partial charge < -0.3 is 4.55 Å². The van der Waals surface area contributed by atoms with Crippen LogP contribution in [0.4, 0.5) is 0 Å². The maximum Gasteiger partial charge on any atom is 0.153 e. The van der Waals surface area contributed by atoms with Crippen molar-refractivity contribution >= 4 is 22.7 Å². The van der Waals surface area contributed by atoms with E-state index < -0.39 is 11.1 Å².